The Morgan fingerprint density at radius 2 is 1.95 bits per heavy atom. The van der Waals surface area contributed by atoms with Gasteiger partial charge >= 0.3 is 5.97 Å². The van der Waals surface area contributed by atoms with Gasteiger partial charge in [-0.3, -0.25) is 0 Å². The fourth-order valence-corrected chi connectivity index (χ4v) is 2.42. The molecule has 0 aromatic heterocycles. The van der Waals surface area contributed by atoms with E-state index in [9.17, 15) is 4.79 Å². The van der Waals surface area contributed by atoms with Gasteiger partial charge in [0.2, 0.25) is 0 Å². The molecule has 104 valence electrons. The second-order valence-electron chi connectivity index (χ2n) is 5.92. The average Bonchev–Trinajstić information content (AvgIpc) is 2.39. The number of nitrogens with two attached hydrogens (primary N) is 1. The molecule has 1 fully saturated rings. The minimum atomic E-state index is -0.321. The van der Waals surface area contributed by atoms with Gasteiger partial charge in [0, 0.05) is 13.1 Å². The minimum absolute atomic E-state index is 0.321. The van der Waals surface area contributed by atoms with Crippen LogP contribution in [0.2, 0.25) is 0 Å². The molecule has 1 aliphatic heterocycles. The molecule has 0 radical (unpaired) electrons. The first kappa shape index (κ1) is 13.7. The molecule has 2 N–H and O–H groups in total. The normalized spacial score (nSPS) is 18.2. The Morgan fingerprint density at radius 1 is 1.32 bits per heavy atom. The van der Waals surface area contributed by atoms with Crippen molar-refractivity contribution < 1.29 is 9.53 Å². The zero-order valence-electron chi connectivity index (χ0n) is 11.9. The molecule has 0 bridgehead atoms. The predicted octanol–water partition coefficient (Wildman–Crippen LogP) is 2.68. The number of piperidine rings is 1. The fourth-order valence-electron chi connectivity index (χ4n) is 2.42. The molecule has 0 amide bonds. The molecule has 0 saturated carbocycles. The first-order valence-electron chi connectivity index (χ1n) is 6.66. The summed E-state index contributed by atoms with van der Waals surface area (Å²) in [4.78, 5) is 13.8. The van der Waals surface area contributed by atoms with E-state index < -0.39 is 0 Å². The summed E-state index contributed by atoms with van der Waals surface area (Å²) in [6.45, 7) is 6.53. The lowest BCUT2D eigenvalue weighted by Gasteiger charge is -2.38. The summed E-state index contributed by atoms with van der Waals surface area (Å²) in [5, 5.41) is 0. The lowest BCUT2D eigenvalue weighted by atomic mass is 9.82. The van der Waals surface area contributed by atoms with Crippen LogP contribution < -0.4 is 10.6 Å². The van der Waals surface area contributed by atoms with Crippen LogP contribution in [-0.2, 0) is 4.74 Å². The van der Waals surface area contributed by atoms with Crippen molar-refractivity contribution in [3.8, 4) is 0 Å². The molecular weight excluding hydrogens is 240 g/mol. The monoisotopic (exact) mass is 262 g/mol. The molecular formula is C15H22N2O2. The Balaban J connectivity index is 2.22. The number of rotatable bonds is 2. The van der Waals surface area contributed by atoms with E-state index >= 15 is 0 Å². The molecule has 2 rings (SSSR count). The number of ether oxygens (including phenoxy) is 1. The summed E-state index contributed by atoms with van der Waals surface area (Å²) in [5.74, 6) is -0.321. The highest BCUT2D eigenvalue weighted by molar-refractivity contribution is 5.92. The van der Waals surface area contributed by atoms with Gasteiger partial charge in [-0.05, 0) is 36.5 Å². The van der Waals surface area contributed by atoms with Crippen LogP contribution in [-0.4, -0.2) is 26.2 Å². The van der Waals surface area contributed by atoms with Gasteiger partial charge in [0.05, 0.1) is 24.0 Å². The largest absolute Gasteiger partial charge is 0.465 e. The van der Waals surface area contributed by atoms with E-state index in [-0.39, 0.29) is 5.97 Å². The Morgan fingerprint density at radius 3 is 2.53 bits per heavy atom. The lowest BCUT2D eigenvalue weighted by Crippen LogP contribution is -2.37. The SMILES string of the molecule is COC(=O)c1ccc(N)c(N2CCC(C)(C)CC2)c1. The summed E-state index contributed by atoms with van der Waals surface area (Å²) in [5.41, 5.74) is 8.64. The zero-order valence-corrected chi connectivity index (χ0v) is 11.9. The summed E-state index contributed by atoms with van der Waals surface area (Å²) < 4.78 is 4.75. The van der Waals surface area contributed by atoms with Crippen molar-refractivity contribution >= 4 is 17.3 Å². The highest BCUT2D eigenvalue weighted by atomic mass is 16.5. The van der Waals surface area contributed by atoms with Gasteiger partial charge in [0.1, 0.15) is 0 Å². The van der Waals surface area contributed by atoms with E-state index in [1.54, 1.807) is 12.1 Å². The molecule has 0 spiro atoms. The Labute approximate surface area is 114 Å². The van der Waals surface area contributed by atoms with Crippen molar-refractivity contribution in [3.63, 3.8) is 0 Å². The van der Waals surface area contributed by atoms with E-state index in [4.69, 9.17) is 10.5 Å². The number of benzene rings is 1. The Bertz CT molecular complexity index is 473. The highest BCUT2D eigenvalue weighted by Crippen LogP contribution is 2.34. The minimum Gasteiger partial charge on any atom is -0.465 e. The standard InChI is InChI=1S/C15H22N2O2/c1-15(2)6-8-17(9-7-15)13-10-11(14(18)19-3)4-5-12(13)16/h4-5,10H,6-9,16H2,1-3H3. The summed E-state index contributed by atoms with van der Waals surface area (Å²) in [7, 11) is 1.39. The molecule has 4 nitrogen and oxygen atoms in total. The van der Waals surface area contributed by atoms with Crippen LogP contribution in [0.3, 0.4) is 0 Å². The van der Waals surface area contributed by atoms with Crippen LogP contribution in [0, 0.1) is 5.41 Å². The second kappa shape index (κ2) is 5.11. The van der Waals surface area contributed by atoms with Crippen molar-refractivity contribution in [1.82, 2.24) is 0 Å². The van der Waals surface area contributed by atoms with Gasteiger partial charge in [-0.2, -0.15) is 0 Å². The third-order valence-electron chi connectivity index (χ3n) is 3.91. The quantitative estimate of drug-likeness (QED) is 0.657. The number of anilines is 2. The van der Waals surface area contributed by atoms with Gasteiger partial charge in [0.15, 0.2) is 0 Å². The fraction of sp³-hybridized carbons (Fsp3) is 0.533. The number of nitrogens with zero attached hydrogens (tertiary/aromatic N) is 1. The molecule has 0 atom stereocenters. The molecule has 1 aliphatic rings. The number of hydrogen-bond donors (Lipinski definition) is 1. The van der Waals surface area contributed by atoms with E-state index in [1.165, 1.54) is 7.11 Å². The number of methoxy groups -OCH3 is 1. The van der Waals surface area contributed by atoms with E-state index in [0.29, 0.717) is 16.7 Å². The first-order valence-corrected chi connectivity index (χ1v) is 6.66. The number of esters is 1. The van der Waals surface area contributed by atoms with Crippen LogP contribution in [0.25, 0.3) is 0 Å². The number of nitrogen functional groups attached to an aromatic ring is 1. The summed E-state index contributed by atoms with van der Waals surface area (Å²) in [6.07, 6.45) is 2.27. The molecule has 19 heavy (non-hydrogen) atoms. The number of carbonyl (C=O) groups is 1. The third kappa shape index (κ3) is 3.00. The maximum atomic E-state index is 11.6. The molecule has 0 unspecified atom stereocenters. The molecule has 1 aromatic rings. The van der Waals surface area contributed by atoms with Crippen LogP contribution in [0.4, 0.5) is 11.4 Å². The maximum Gasteiger partial charge on any atom is 0.337 e. The smallest absolute Gasteiger partial charge is 0.337 e. The molecule has 4 heteroatoms. The van der Waals surface area contributed by atoms with Gasteiger partial charge in [-0.1, -0.05) is 13.8 Å². The Kier molecular flexibility index (Phi) is 3.69. The van der Waals surface area contributed by atoms with Gasteiger partial charge < -0.3 is 15.4 Å². The van der Waals surface area contributed by atoms with Crippen LogP contribution in [0.5, 0.6) is 0 Å². The first-order chi connectivity index (χ1) is 8.93. The lowest BCUT2D eigenvalue weighted by molar-refractivity contribution is 0.0601. The van der Waals surface area contributed by atoms with Crippen molar-refractivity contribution in [1.29, 1.82) is 0 Å². The number of carbonyl (C=O) groups excluding carboxylic acids is 1. The third-order valence-corrected chi connectivity index (χ3v) is 3.91. The van der Waals surface area contributed by atoms with Gasteiger partial charge in [-0.25, -0.2) is 4.79 Å². The Hall–Kier alpha value is -1.71. The van der Waals surface area contributed by atoms with E-state index in [1.807, 2.05) is 6.07 Å². The van der Waals surface area contributed by atoms with Crippen molar-refractivity contribution in [2.45, 2.75) is 26.7 Å². The van der Waals surface area contributed by atoms with Gasteiger partial charge in [0.25, 0.3) is 0 Å². The van der Waals surface area contributed by atoms with Crippen molar-refractivity contribution in [2.75, 3.05) is 30.8 Å². The highest BCUT2D eigenvalue weighted by Gasteiger charge is 2.26. The number of hydrogen-bond acceptors (Lipinski definition) is 4. The molecule has 1 aromatic carbocycles. The average molecular weight is 262 g/mol. The van der Waals surface area contributed by atoms with Crippen LogP contribution in [0.15, 0.2) is 18.2 Å². The predicted molar refractivity (Wildman–Crippen MR) is 77.4 cm³/mol. The summed E-state index contributed by atoms with van der Waals surface area (Å²) >= 11 is 0. The molecule has 1 heterocycles. The molecule has 1 saturated heterocycles. The van der Waals surface area contributed by atoms with Crippen LogP contribution >= 0.6 is 0 Å². The van der Waals surface area contributed by atoms with E-state index in [0.717, 1.165) is 31.6 Å². The second-order valence-corrected chi connectivity index (χ2v) is 5.92. The van der Waals surface area contributed by atoms with Crippen molar-refractivity contribution in [3.05, 3.63) is 23.8 Å². The van der Waals surface area contributed by atoms with Crippen LogP contribution in [0.1, 0.15) is 37.0 Å². The molecule has 0 aliphatic carbocycles. The van der Waals surface area contributed by atoms with Crippen molar-refractivity contribution in [2.24, 2.45) is 5.41 Å². The van der Waals surface area contributed by atoms with Gasteiger partial charge in [-0.15, -0.1) is 0 Å². The van der Waals surface area contributed by atoms with E-state index in [2.05, 4.69) is 18.7 Å². The summed E-state index contributed by atoms with van der Waals surface area (Å²) in [6, 6.07) is 5.32. The topological polar surface area (TPSA) is 55.6 Å². The maximum absolute atomic E-state index is 11.6. The zero-order chi connectivity index (χ0) is 14.0.